The van der Waals surface area contributed by atoms with Gasteiger partial charge in [0, 0.05) is 18.2 Å². The minimum Gasteiger partial charge on any atom is -0.399 e. The van der Waals surface area contributed by atoms with E-state index >= 15 is 0 Å². The molecule has 1 amide bonds. The summed E-state index contributed by atoms with van der Waals surface area (Å²) in [5, 5.41) is 2.66. The Morgan fingerprint density at radius 2 is 2.00 bits per heavy atom. The van der Waals surface area contributed by atoms with Crippen LogP contribution in [-0.2, 0) is 14.6 Å². The van der Waals surface area contributed by atoms with Crippen LogP contribution in [0.3, 0.4) is 0 Å². The van der Waals surface area contributed by atoms with Gasteiger partial charge in [-0.2, -0.15) is 0 Å². The largest absolute Gasteiger partial charge is 0.399 e. The fraction of sp³-hybridized carbons (Fsp3) is 0.462. The summed E-state index contributed by atoms with van der Waals surface area (Å²) in [7, 11) is -3.49. The molecule has 0 heterocycles. The molecule has 0 aliphatic heterocycles. The summed E-state index contributed by atoms with van der Waals surface area (Å²) in [5.74, 6) is -0.476. The molecule has 0 saturated heterocycles. The maximum Gasteiger partial charge on any atom is 0.221 e. The monoisotopic (exact) mass is 284 g/mol. The molecule has 6 heteroatoms. The first kappa shape index (κ1) is 15.5. The zero-order valence-corrected chi connectivity index (χ0v) is 12.3. The van der Waals surface area contributed by atoms with E-state index in [1.807, 2.05) is 13.8 Å². The molecule has 0 radical (unpaired) electrons. The number of nitrogens with two attached hydrogens (primary N) is 1. The third-order valence-corrected chi connectivity index (χ3v) is 4.45. The standard InChI is InChI=1S/C13H20N2O3S/c1-9(2)15-13(16)6-7-19(17,18)12-8-11(14)5-4-10(12)3/h4-5,8-9H,6-7,14H2,1-3H3,(H,15,16). The van der Waals surface area contributed by atoms with Gasteiger partial charge in [0.1, 0.15) is 0 Å². The van der Waals surface area contributed by atoms with Gasteiger partial charge in [-0.3, -0.25) is 4.79 Å². The zero-order chi connectivity index (χ0) is 14.6. The zero-order valence-electron chi connectivity index (χ0n) is 11.4. The Morgan fingerprint density at radius 3 is 2.58 bits per heavy atom. The minimum atomic E-state index is -3.49. The Balaban J connectivity index is 2.82. The van der Waals surface area contributed by atoms with Gasteiger partial charge in [-0.1, -0.05) is 6.07 Å². The number of nitrogens with one attached hydrogen (secondary N) is 1. The molecule has 0 aliphatic carbocycles. The molecular formula is C13H20N2O3S. The van der Waals surface area contributed by atoms with Gasteiger partial charge in [-0.05, 0) is 38.5 Å². The third-order valence-electron chi connectivity index (χ3n) is 2.59. The van der Waals surface area contributed by atoms with E-state index in [4.69, 9.17) is 5.73 Å². The van der Waals surface area contributed by atoms with Crippen LogP contribution in [0.25, 0.3) is 0 Å². The average Bonchev–Trinajstić information content (AvgIpc) is 2.29. The maximum absolute atomic E-state index is 12.2. The molecule has 0 atom stereocenters. The number of carbonyl (C=O) groups excluding carboxylic acids is 1. The number of hydrogen-bond acceptors (Lipinski definition) is 4. The van der Waals surface area contributed by atoms with Crippen LogP contribution in [0, 0.1) is 6.92 Å². The van der Waals surface area contributed by atoms with Crippen molar-refractivity contribution in [3.63, 3.8) is 0 Å². The second kappa shape index (κ2) is 6.06. The number of anilines is 1. The quantitative estimate of drug-likeness (QED) is 0.797. The average molecular weight is 284 g/mol. The smallest absolute Gasteiger partial charge is 0.221 e. The molecule has 19 heavy (non-hydrogen) atoms. The van der Waals surface area contributed by atoms with Crippen molar-refractivity contribution in [3.8, 4) is 0 Å². The number of hydrogen-bond donors (Lipinski definition) is 2. The van der Waals surface area contributed by atoms with Crippen molar-refractivity contribution in [1.29, 1.82) is 0 Å². The van der Waals surface area contributed by atoms with Crippen LogP contribution in [0.4, 0.5) is 5.69 Å². The van der Waals surface area contributed by atoms with Crippen molar-refractivity contribution in [2.45, 2.75) is 38.1 Å². The van der Waals surface area contributed by atoms with Crippen molar-refractivity contribution in [2.24, 2.45) is 0 Å². The fourth-order valence-electron chi connectivity index (χ4n) is 1.68. The van der Waals surface area contributed by atoms with E-state index in [0.29, 0.717) is 11.3 Å². The highest BCUT2D eigenvalue weighted by Crippen LogP contribution is 2.20. The number of carbonyl (C=O) groups is 1. The molecule has 1 aromatic carbocycles. The van der Waals surface area contributed by atoms with Crippen molar-refractivity contribution >= 4 is 21.4 Å². The first-order valence-electron chi connectivity index (χ1n) is 6.10. The topological polar surface area (TPSA) is 89.3 Å². The SMILES string of the molecule is Cc1ccc(N)cc1S(=O)(=O)CCC(=O)NC(C)C. The number of benzene rings is 1. The molecule has 3 N–H and O–H groups in total. The lowest BCUT2D eigenvalue weighted by molar-refractivity contribution is -0.121. The molecule has 1 aromatic rings. The number of sulfone groups is 1. The van der Waals surface area contributed by atoms with Crippen LogP contribution < -0.4 is 11.1 Å². The Morgan fingerprint density at radius 1 is 1.37 bits per heavy atom. The first-order chi connectivity index (χ1) is 8.72. The molecule has 0 aromatic heterocycles. The lowest BCUT2D eigenvalue weighted by atomic mass is 10.2. The van der Waals surface area contributed by atoms with E-state index in [2.05, 4.69) is 5.32 Å². The minimum absolute atomic E-state index is 0.00399. The van der Waals surface area contributed by atoms with Gasteiger partial charge >= 0.3 is 0 Å². The van der Waals surface area contributed by atoms with Crippen LogP contribution >= 0.6 is 0 Å². The van der Waals surface area contributed by atoms with Crippen LogP contribution in [0.1, 0.15) is 25.8 Å². The Bertz CT molecular complexity index is 565. The van der Waals surface area contributed by atoms with Gasteiger partial charge in [0.15, 0.2) is 9.84 Å². The summed E-state index contributed by atoms with van der Waals surface area (Å²) < 4.78 is 24.3. The van der Waals surface area contributed by atoms with Crippen LogP contribution in [0.5, 0.6) is 0 Å². The molecule has 0 unspecified atom stereocenters. The second-order valence-electron chi connectivity index (χ2n) is 4.82. The van der Waals surface area contributed by atoms with Gasteiger partial charge in [0.25, 0.3) is 0 Å². The summed E-state index contributed by atoms with van der Waals surface area (Å²) in [6.07, 6.45) is -0.0469. The molecule has 1 rings (SSSR count). The van der Waals surface area contributed by atoms with Crippen LogP contribution in [0.15, 0.2) is 23.1 Å². The third kappa shape index (κ3) is 4.55. The number of nitrogen functional groups attached to an aromatic ring is 1. The van der Waals surface area contributed by atoms with E-state index in [1.54, 1.807) is 19.1 Å². The molecule has 5 nitrogen and oxygen atoms in total. The summed E-state index contributed by atoms with van der Waals surface area (Å²) in [6.45, 7) is 5.36. The summed E-state index contributed by atoms with van der Waals surface area (Å²) in [5.41, 5.74) is 6.64. The van der Waals surface area contributed by atoms with Crippen molar-refractivity contribution in [3.05, 3.63) is 23.8 Å². The second-order valence-corrected chi connectivity index (χ2v) is 6.89. The normalized spacial score (nSPS) is 11.6. The van der Waals surface area contributed by atoms with Gasteiger partial charge in [-0.15, -0.1) is 0 Å². The molecule has 106 valence electrons. The highest BCUT2D eigenvalue weighted by atomic mass is 32.2. The Labute approximate surface area is 114 Å². The number of amides is 1. The van der Waals surface area contributed by atoms with Crippen molar-refractivity contribution in [2.75, 3.05) is 11.5 Å². The lowest BCUT2D eigenvalue weighted by Crippen LogP contribution is -2.31. The predicted octanol–water partition coefficient (Wildman–Crippen LogP) is 1.27. The number of rotatable bonds is 5. The van der Waals surface area contributed by atoms with Crippen LogP contribution in [-0.4, -0.2) is 26.1 Å². The lowest BCUT2D eigenvalue weighted by Gasteiger charge is -2.10. The first-order valence-corrected chi connectivity index (χ1v) is 7.76. The van der Waals surface area contributed by atoms with Gasteiger partial charge in [0.05, 0.1) is 10.6 Å². The predicted molar refractivity (Wildman–Crippen MR) is 75.5 cm³/mol. The molecular weight excluding hydrogens is 264 g/mol. The molecule has 0 saturated carbocycles. The van der Waals surface area contributed by atoms with Gasteiger partial charge in [0.2, 0.25) is 5.91 Å². The van der Waals surface area contributed by atoms with E-state index in [1.165, 1.54) is 6.07 Å². The highest BCUT2D eigenvalue weighted by Gasteiger charge is 2.19. The van der Waals surface area contributed by atoms with E-state index in [-0.39, 0.29) is 29.0 Å². The summed E-state index contributed by atoms with van der Waals surface area (Å²) >= 11 is 0. The van der Waals surface area contributed by atoms with E-state index in [9.17, 15) is 13.2 Å². The van der Waals surface area contributed by atoms with E-state index in [0.717, 1.165) is 0 Å². The summed E-state index contributed by atoms with van der Waals surface area (Å²) in [4.78, 5) is 11.7. The van der Waals surface area contributed by atoms with Crippen molar-refractivity contribution < 1.29 is 13.2 Å². The van der Waals surface area contributed by atoms with Crippen molar-refractivity contribution in [1.82, 2.24) is 5.32 Å². The van der Waals surface area contributed by atoms with E-state index < -0.39 is 9.84 Å². The maximum atomic E-state index is 12.2. The fourth-order valence-corrected chi connectivity index (χ4v) is 3.23. The Hall–Kier alpha value is -1.56. The number of aryl methyl sites for hydroxylation is 1. The molecule has 0 aliphatic rings. The summed E-state index contributed by atoms with van der Waals surface area (Å²) in [6, 6.07) is 4.76. The highest BCUT2D eigenvalue weighted by molar-refractivity contribution is 7.91. The van der Waals surface area contributed by atoms with Gasteiger partial charge in [-0.25, -0.2) is 8.42 Å². The molecule has 0 bridgehead atoms. The molecule has 0 fully saturated rings. The molecule has 0 spiro atoms. The van der Waals surface area contributed by atoms with Gasteiger partial charge < -0.3 is 11.1 Å². The Kier molecular flexibility index (Phi) is 4.94. The van der Waals surface area contributed by atoms with Crippen LogP contribution in [0.2, 0.25) is 0 Å².